The molecule has 2 nitrogen and oxygen atoms in total. The van der Waals surface area contributed by atoms with Crippen LogP contribution >= 0.6 is 0 Å². The van der Waals surface area contributed by atoms with Crippen molar-refractivity contribution in [2.24, 2.45) is 0 Å². The molecule has 0 radical (unpaired) electrons. The Balaban J connectivity index is 3.06. The molecule has 84 valence electrons. The first-order valence-corrected chi connectivity index (χ1v) is 5.08. The minimum absolute atomic E-state index is 0.424. The van der Waals surface area contributed by atoms with Crippen molar-refractivity contribution in [2.45, 2.75) is 25.6 Å². The standard InChI is InChI=1S/C12H18FNO/c1-12(2,13)10-7-5-4-6-9(10)11(15)8-14-3/h4-7,11,14-15H,8H2,1-3H3. The summed E-state index contributed by atoms with van der Waals surface area (Å²) in [5, 5.41) is 12.7. The van der Waals surface area contributed by atoms with E-state index in [4.69, 9.17) is 0 Å². The summed E-state index contributed by atoms with van der Waals surface area (Å²) in [7, 11) is 1.76. The second kappa shape index (κ2) is 4.73. The summed E-state index contributed by atoms with van der Waals surface area (Å²) < 4.78 is 13.9. The van der Waals surface area contributed by atoms with E-state index in [9.17, 15) is 9.50 Å². The highest BCUT2D eigenvalue weighted by Crippen LogP contribution is 2.30. The summed E-state index contributed by atoms with van der Waals surface area (Å²) in [6.07, 6.45) is -0.666. The Labute approximate surface area is 90.1 Å². The number of aliphatic hydroxyl groups is 1. The molecule has 0 fully saturated rings. The van der Waals surface area contributed by atoms with Gasteiger partial charge in [-0.1, -0.05) is 24.3 Å². The third kappa shape index (κ3) is 3.01. The first-order chi connectivity index (χ1) is 6.96. The Morgan fingerprint density at radius 2 is 2.00 bits per heavy atom. The Bertz CT molecular complexity index is 320. The lowest BCUT2D eigenvalue weighted by Crippen LogP contribution is -2.21. The van der Waals surface area contributed by atoms with Gasteiger partial charge in [0.25, 0.3) is 0 Å². The maximum absolute atomic E-state index is 13.9. The van der Waals surface area contributed by atoms with Crippen molar-refractivity contribution < 1.29 is 9.50 Å². The lowest BCUT2D eigenvalue weighted by Gasteiger charge is -2.22. The van der Waals surface area contributed by atoms with Gasteiger partial charge in [-0.2, -0.15) is 0 Å². The summed E-state index contributed by atoms with van der Waals surface area (Å²) >= 11 is 0. The molecular weight excluding hydrogens is 193 g/mol. The number of halogens is 1. The van der Waals surface area contributed by atoms with E-state index < -0.39 is 11.8 Å². The van der Waals surface area contributed by atoms with Crippen LogP contribution in [-0.2, 0) is 5.67 Å². The van der Waals surface area contributed by atoms with Gasteiger partial charge in [-0.25, -0.2) is 4.39 Å². The average Bonchev–Trinajstić information content (AvgIpc) is 2.17. The molecular formula is C12H18FNO. The Hall–Kier alpha value is -0.930. The topological polar surface area (TPSA) is 32.3 Å². The zero-order valence-corrected chi connectivity index (χ0v) is 9.42. The summed E-state index contributed by atoms with van der Waals surface area (Å²) in [6.45, 7) is 3.42. The molecule has 0 saturated carbocycles. The molecule has 0 saturated heterocycles. The van der Waals surface area contributed by atoms with Gasteiger partial charge in [0.1, 0.15) is 5.67 Å². The van der Waals surface area contributed by atoms with Gasteiger partial charge >= 0.3 is 0 Å². The van der Waals surface area contributed by atoms with E-state index in [-0.39, 0.29) is 0 Å². The predicted molar refractivity (Wildman–Crippen MR) is 59.5 cm³/mol. The van der Waals surface area contributed by atoms with E-state index in [1.807, 2.05) is 6.07 Å². The van der Waals surface area contributed by atoms with E-state index in [1.54, 1.807) is 25.2 Å². The van der Waals surface area contributed by atoms with Gasteiger partial charge in [0.2, 0.25) is 0 Å². The number of likely N-dealkylation sites (N-methyl/N-ethyl adjacent to an activating group) is 1. The Morgan fingerprint density at radius 3 is 2.53 bits per heavy atom. The molecule has 1 rings (SSSR count). The highest BCUT2D eigenvalue weighted by Gasteiger charge is 2.24. The SMILES string of the molecule is CNCC(O)c1ccccc1C(C)(C)F. The van der Waals surface area contributed by atoms with Crippen molar-refractivity contribution in [3.8, 4) is 0 Å². The number of hydrogen-bond donors (Lipinski definition) is 2. The fraction of sp³-hybridized carbons (Fsp3) is 0.500. The van der Waals surface area contributed by atoms with Crippen molar-refractivity contribution in [2.75, 3.05) is 13.6 Å². The fourth-order valence-corrected chi connectivity index (χ4v) is 1.63. The van der Waals surface area contributed by atoms with E-state index >= 15 is 0 Å². The molecule has 1 atom stereocenters. The number of benzene rings is 1. The number of alkyl halides is 1. The quantitative estimate of drug-likeness (QED) is 0.799. The first-order valence-electron chi connectivity index (χ1n) is 5.08. The molecule has 3 heteroatoms. The third-order valence-corrected chi connectivity index (χ3v) is 2.36. The van der Waals surface area contributed by atoms with E-state index in [0.29, 0.717) is 17.7 Å². The smallest absolute Gasteiger partial charge is 0.130 e. The minimum Gasteiger partial charge on any atom is -0.387 e. The maximum atomic E-state index is 13.9. The van der Waals surface area contributed by atoms with Gasteiger partial charge in [0, 0.05) is 6.54 Å². The molecule has 1 unspecified atom stereocenters. The molecule has 0 bridgehead atoms. The van der Waals surface area contributed by atoms with Gasteiger partial charge < -0.3 is 10.4 Å². The summed E-state index contributed by atoms with van der Waals surface area (Å²) in [5.74, 6) is 0. The largest absolute Gasteiger partial charge is 0.387 e. The number of hydrogen-bond acceptors (Lipinski definition) is 2. The Kier molecular flexibility index (Phi) is 3.83. The monoisotopic (exact) mass is 211 g/mol. The van der Waals surface area contributed by atoms with Crippen LogP contribution in [0.2, 0.25) is 0 Å². The first kappa shape index (κ1) is 12.1. The second-order valence-electron chi connectivity index (χ2n) is 4.13. The van der Waals surface area contributed by atoms with E-state index in [0.717, 1.165) is 0 Å². The highest BCUT2D eigenvalue weighted by molar-refractivity contribution is 5.33. The van der Waals surface area contributed by atoms with Crippen LogP contribution in [0.5, 0.6) is 0 Å². The zero-order valence-electron chi connectivity index (χ0n) is 9.42. The average molecular weight is 211 g/mol. The van der Waals surface area contributed by atoms with Crippen LogP contribution in [0.25, 0.3) is 0 Å². The Morgan fingerprint density at radius 1 is 1.40 bits per heavy atom. The van der Waals surface area contributed by atoms with Crippen LogP contribution in [0.15, 0.2) is 24.3 Å². The van der Waals surface area contributed by atoms with Gasteiger partial charge in [-0.3, -0.25) is 0 Å². The second-order valence-corrected chi connectivity index (χ2v) is 4.13. The molecule has 2 N–H and O–H groups in total. The molecule has 0 aromatic heterocycles. The molecule has 0 aliphatic carbocycles. The van der Waals surface area contributed by atoms with Crippen LogP contribution in [0.4, 0.5) is 4.39 Å². The van der Waals surface area contributed by atoms with E-state index in [1.165, 1.54) is 13.8 Å². The normalized spacial score (nSPS) is 13.9. The van der Waals surface area contributed by atoms with Gasteiger partial charge in [-0.05, 0) is 32.0 Å². The molecule has 1 aromatic carbocycles. The number of aliphatic hydroxyl groups excluding tert-OH is 1. The van der Waals surface area contributed by atoms with Crippen LogP contribution in [-0.4, -0.2) is 18.7 Å². The number of rotatable bonds is 4. The maximum Gasteiger partial charge on any atom is 0.130 e. The van der Waals surface area contributed by atoms with Crippen LogP contribution in [0.3, 0.4) is 0 Å². The zero-order chi connectivity index (χ0) is 11.5. The van der Waals surface area contributed by atoms with Crippen LogP contribution in [0.1, 0.15) is 31.1 Å². The summed E-state index contributed by atoms with van der Waals surface area (Å²) in [4.78, 5) is 0. The summed E-state index contributed by atoms with van der Waals surface area (Å²) in [5.41, 5.74) is -0.224. The van der Waals surface area contributed by atoms with E-state index in [2.05, 4.69) is 5.32 Å². The fourth-order valence-electron chi connectivity index (χ4n) is 1.63. The van der Waals surface area contributed by atoms with Crippen LogP contribution < -0.4 is 5.32 Å². The van der Waals surface area contributed by atoms with Crippen molar-refractivity contribution in [3.63, 3.8) is 0 Å². The van der Waals surface area contributed by atoms with Crippen molar-refractivity contribution in [1.82, 2.24) is 5.32 Å². The van der Waals surface area contributed by atoms with Gasteiger partial charge in [0.05, 0.1) is 6.10 Å². The molecule has 1 aromatic rings. The lowest BCUT2D eigenvalue weighted by molar-refractivity contribution is 0.164. The van der Waals surface area contributed by atoms with Gasteiger partial charge in [-0.15, -0.1) is 0 Å². The van der Waals surface area contributed by atoms with Crippen molar-refractivity contribution >= 4 is 0 Å². The van der Waals surface area contributed by atoms with Crippen molar-refractivity contribution in [3.05, 3.63) is 35.4 Å². The highest BCUT2D eigenvalue weighted by atomic mass is 19.1. The minimum atomic E-state index is -1.43. The van der Waals surface area contributed by atoms with Crippen molar-refractivity contribution in [1.29, 1.82) is 0 Å². The lowest BCUT2D eigenvalue weighted by atomic mass is 9.92. The van der Waals surface area contributed by atoms with Gasteiger partial charge in [0.15, 0.2) is 0 Å². The molecule has 0 aliphatic rings. The molecule has 0 amide bonds. The summed E-state index contributed by atoms with van der Waals surface area (Å²) in [6, 6.07) is 7.07. The molecule has 0 heterocycles. The number of nitrogens with one attached hydrogen (secondary N) is 1. The molecule has 15 heavy (non-hydrogen) atoms. The molecule has 0 aliphatic heterocycles. The predicted octanol–water partition coefficient (Wildman–Crippen LogP) is 2.14. The van der Waals surface area contributed by atoms with Crippen LogP contribution in [0, 0.1) is 0 Å². The molecule has 0 spiro atoms. The third-order valence-electron chi connectivity index (χ3n) is 2.36.